The van der Waals surface area contributed by atoms with Gasteiger partial charge in [-0.15, -0.1) is 0 Å². The van der Waals surface area contributed by atoms with Gasteiger partial charge in [0, 0.05) is 13.1 Å². The fourth-order valence-corrected chi connectivity index (χ4v) is 3.60. The highest BCUT2D eigenvalue weighted by molar-refractivity contribution is 7.89. The van der Waals surface area contributed by atoms with Crippen LogP contribution in [0.1, 0.15) is 23.7 Å². The molecule has 114 valence electrons. The first-order valence-corrected chi connectivity index (χ1v) is 7.93. The summed E-state index contributed by atoms with van der Waals surface area (Å²) in [6.45, 7) is 2.35. The predicted molar refractivity (Wildman–Crippen MR) is 75.5 cm³/mol. The second-order valence-electron chi connectivity index (χ2n) is 4.74. The van der Waals surface area contributed by atoms with Crippen LogP contribution in [-0.2, 0) is 10.0 Å². The zero-order chi connectivity index (χ0) is 15.8. The van der Waals surface area contributed by atoms with Crippen molar-refractivity contribution in [1.29, 1.82) is 0 Å². The number of carbonyl (C=O) groups is 1. The van der Waals surface area contributed by atoms with E-state index in [0.717, 1.165) is 17.7 Å². The molecule has 0 bridgehead atoms. The molecule has 2 rings (SSSR count). The Labute approximate surface area is 126 Å². The number of rotatable bonds is 3. The first-order chi connectivity index (χ1) is 9.73. The molecule has 0 spiro atoms. The molecular formula is C13H13ClFNO4S. The van der Waals surface area contributed by atoms with E-state index in [1.54, 1.807) is 6.08 Å². The smallest absolute Gasteiger partial charge is 0.337 e. The molecule has 0 radical (unpaired) electrons. The summed E-state index contributed by atoms with van der Waals surface area (Å²) in [5.74, 6) is -2.55. The van der Waals surface area contributed by atoms with E-state index >= 15 is 0 Å². The van der Waals surface area contributed by atoms with E-state index in [-0.39, 0.29) is 13.1 Å². The van der Waals surface area contributed by atoms with Gasteiger partial charge in [-0.3, -0.25) is 0 Å². The highest BCUT2D eigenvalue weighted by Crippen LogP contribution is 2.27. The fraction of sp³-hybridized carbons (Fsp3) is 0.308. The van der Waals surface area contributed by atoms with E-state index in [9.17, 15) is 17.6 Å². The van der Waals surface area contributed by atoms with Crippen molar-refractivity contribution in [3.8, 4) is 0 Å². The average molecular weight is 334 g/mol. The van der Waals surface area contributed by atoms with Gasteiger partial charge in [0.2, 0.25) is 10.0 Å². The van der Waals surface area contributed by atoms with Crippen LogP contribution in [0, 0.1) is 5.82 Å². The summed E-state index contributed by atoms with van der Waals surface area (Å²) in [6.07, 6.45) is 2.35. The zero-order valence-electron chi connectivity index (χ0n) is 11.1. The molecule has 1 aliphatic rings. The second-order valence-corrected chi connectivity index (χ2v) is 7.05. The summed E-state index contributed by atoms with van der Waals surface area (Å²) < 4.78 is 39.7. The topological polar surface area (TPSA) is 74.7 Å². The maximum absolute atomic E-state index is 13.7. The Morgan fingerprint density at radius 1 is 1.43 bits per heavy atom. The van der Waals surface area contributed by atoms with Gasteiger partial charge in [0.25, 0.3) is 0 Å². The van der Waals surface area contributed by atoms with E-state index < -0.39 is 37.3 Å². The van der Waals surface area contributed by atoms with Gasteiger partial charge in [0.15, 0.2) is 0 Å². The van der Waals surface area contributed by atoms with Crippen molar-refractivity contribution in [1.82, 2.24) is 4.31 Å². The largest absolute Gasteiger partial charge is 0.478 e. The molecule has 8 heteroatoms. The Kier molecular flexibility index (Phi) is 4.36. The number of aromatic carboxylic acids is 1. The molecule has 0 amide bonds. The minimum atomic E-state index is -3.95. The summed E-state index contributed by atoms with van der Waals surface area (Å²) in [5.41, 5.74) is 0.508. The van der Waals surface area contributed by atoms with Gasteiger partial charge in [-0.2, -0.15) is 4.31 Å². The molecule has 1 aromatic carbocycles. The monoisotopic (exact) mass is 333 g/mol. The van der Waals surface area contributed by atoms with Gasteiger partial charge in [-0.05, 0) is 25.5 Å². The van der Waals surface area contributed by atoms with Crippen LogP contribution >= 0.6 is 11.6 Å². The van der Waals surface area contributed by atoms with E-state index in [0.29, 0.717) is 6.42 Å². The van der Waals surface area contributed by atoms with Crippen LogP contribution < -0.4 is 0 Å². The number of sulfonamides is 1. The number of benzene rings is 1. The lowest BCUT2D eigenvalue weighted by Crippen LogP contribution is -2.34. The molecule has 0 aromatic heterocycles. The molecule has 0 saturated heterocycles. The molecule has 0 unspecified atom stereocenters. The maximum atomic E-state index is 13.7. The van der Waals surface area contributed by atoms with E-state index in [1.165, 1.54) is 4.31 Å². The molecule has 0 saturated carbocycles. The zero-order valence-corrected chi connectivity index (χ0v) is 12.7. The number of carboxylic acid groups (broad SMARTS) is 1. The van der Waals surface area contributed by atoms with Gasteiger partial charge in [-0.1, -0.05) is 23.3 Å². The molecule has 21 heavy (non-hydrogen) atoms. The Balaban J connectivity index is 2.48. The van der Waals surface area contributed by atoms with Crippen LogP contribution in [0.4, 0.5) is 4.39 Å². The summed E-state index contributed by atoms with van der Waals surface area (Å²) in [7, 11) is -3.95. The van der Waals surface area contributed by atoms with Gasteiger partial charge < -0.3 is 5.11 Å². The summed E-state index contributed by atoms with van der Waals surface area (Å²) >= 11 is 5.54. The SMILES string of the molecule is CC1=CCN(S(=O)(=O)c2cc(F)c(Cl)c(C(=O)O)c2)CC1. The van der Waals surface area contributed by atoms with E-state index in [4.69, 9.17) is 16.7 Å². The molecular weight excluding hydrogens is 321 g/mol. The van der Waals surface area contributed by atoms with Crippen molar-refractivity contribution < 1.29 is 22.7 Å². The van der Waals surface area contributed by atoms with Crippen molar-refractivity contribution >= 4 is 27.6 Å². The van der Waals surface area contributed by atoms with Gasteiger partial charge in [0.05, 0.1) is 15.5 Å². The number of carboxylic acids is 1. The molecule has 0 aliphatic carbocycles. The number of hydrogen-bond acceptors (Lipinski definition) is 3. The maximum Gasteiger partial charge on any atom is 0.337 e. The third-order valence-electron chi connectivity index (χ3n) is 3.27. The Morgan fingerprint density at radius 2 is 2.10 bits per heavy atom. The fourth-order valence-electron chi connectivity index (χ4n) is 1.99. The van der Waals surface area contributed by atoms with Gasteiger partial charge >= 0.3 is 5.97 Å². The van der Waals surface area contributed by atoms with Gasteiger partial charge in [-0.25, -0.2) is 17.6 Å². The number of halogens is 2. The highest BCUT2D eigenvalue weighted by atomic mass is 35.5. The summed E-state index contributed by atoms with van der Waals surface area (Å²) in [6, 6.07) is 1.63. The quantitative estimate of drug-likeness (QED) is 0.862. The standard InChI is InChI=1S/C13H13ClFNO4S/c1-8-2-4-16(5-3-8)21(19,20)9-6-10(13(17)18)12(14)11(15)7-9/h2,6-7H,3-5H2,1H3,(H,17,18). The summed E-state index contributed by atoms with van der Waals surface area (Å²) in [4.78, 5) is 10.6. The highest BCUT2D eigenvalue weighted by Gasteiger charge is 2.28. The third kappa shape index (κ3) is 3.09. The van der Waals surface area contributed by atoms with Crippen LogP contribution in [0.3, 0.4) is 0 Å². The lowest BCUT2D eigenvalue weighted by molar-refractivity contribution is 0.0696. The van der Waals surface area contributed by atoms with Crippen LogP contribution in [-0.4, -0.2) is 36.9 Å². The Morgan fingerprint density at radius 3 is 2.62 bits per heavy atom. The molecule has 5 nitrogen and oxygen atoms in total. The lowest BCUT2D eigenvalue weighted by Gasteiger charge is -2.25. The number of nitrogens with zero attached hydrogens (tertiary/aromatic N) is 1. The molecule has 1 heterocycles. The van der Waals surface area contributed by atoms with Crippen LogP contribution in [0.5, 0.6) is 0 Å². The molecule has 1 aliphatic heterocycles. The lowest BCUT2D eigenvalue weighted by atomic mass is 10.1. The van der Waals surface area contributed by atoms with Crippen LogP contribution in [0.2, 0.25) is 5.02 Å². The Hall–Kier alpha value is -1.44. The van der Waals surface area contributed by atoms with Crippen molar-refractivity contribution in [3.05, 3.63) is 40.2 Å². The molecule has 1 aromatic rings. The molecule has 1 N–H and O–H groups in total. The average Bonchev–Trinajstić information content (AvgIpc) is 2.41. The normalized spacial score (nSPS) is 16.6. The van der Waals surface area contributed by atoms with Crippen molar-refractivity contribution in [2.45, 2.75) is 18.2 Å². The first kappa shape index (κ1) is 15.9. The van der Waals surface area contributed by atoms with Crippen molar-refractivity contribution in [2.24, 2.45) is 0 Å². The first-order valence-electron chi connectivity index (χ1n) is 6.11. The van der Waals surface area contributed by atoms with E-state index in [1.807, 2.05) is 6.92 Å². The van der Waals surface area contributed by atoms with Crippen LogP contribution in [0.25, 0.3) is 0 Å². The second kappa shape index (κ2) is 5.75. The van der Waals surface area contributed by atoms with Crippen molar-refractivity contribution in [2.75, 3.05) is 13.1 Å². The summed E-state index contributed by atoms with van der Waals surface area (Å²) in [5, 5.41) is 8.36. The third-order valence-corrected chi connectivity index (χ3v) is 5.50. The molecule has 0 fully saturated rings. The van der Waals surface area contributed by atoms with E-state index in [2.05, 4.69) is 0 Å². The minimum Gasteiger partial charge on any atom is -0.478 e. The predicted octanol–water partition coefficient (Wildman–Crippen LogP) is 2.52. The minimum absolute atomic E-state index is 0.181. The van der Waals surface area contributed by atoms with Crippen LogP contribution in [0.15, 0.2) is 28.7 Å². The van der Waals surface area contributed by atoms with Gasteiger partial charge in [0.1, 0.15) is 5.82 Å². The molecule has 0 atom stereocenters. The number of hydrogen-bond donors (Lipinski definition) is 1. The van der Waals surface area contributed by atoms with Crippen molar-refractivity contribution in [3.63, 3.8) is 0 Å². The Bertz CT molecular complexity index is 730.